The Hall–Kier alpha value is -2.93. The minimum Gasteiger partial charge on any atom is -0.322 e. The van der Waals surface area contributed by atoms with Gasteiger partial charge in [-0.15, -0.1) is 0 Å². The number of hydrogen-bond donors (Lipinski definition) is 3. The van der Waals surface area contributed by atoms with Crippen LogP contribution in [0.4, 0.5) is 14.9 Å². The second kappa shape index (κ2) is 6.29. The summed E-state index contributed by atoms with van der Waals surface area (Å²) in [7, 11) is 0. The van der Waals surface area contributed by atoms with Gasteiger partial charge in [-0.3, -0.25) is 14.9 Å². The largest absolute Gasteiger partial charge is 0.322 e. The summed E-state index contributed by atoms with van der Waals surface area (Å²) >= 11 is 5.85. The highest BCUT2D eigenvalue weighted by molar-refractivity contribution is 6.34. The highest BCUT2D eigenvalue weighted by Crippen LogP contribution is 2.22. The molecule has 6 nitrogen and oxygen atoms in total. The van der Waals surface area contributed by atoms with Crippen LogP contribution in [0.2, 0.25) is 5.02 Å². The van der Waals surface area contributed by atoms with Crippen molar-refractivity contribution in [3.8, 4) is 0 Å². The van der Waals surface area contributed by atoms with Gasteiger partial charge in [-0.1, -0.05) is 29.8 Å². The molecule has 2 aromatic carbocycles. The van der Waals surface area contributed by atoms with Crippen molar-refractivity contribution in [3.05, 3.63) is 64.4 Å². The van der Waals surface area contributed by atoms with Crippen molar-refractivity contribution in [1.82, 2.24) is 10.6 Å². The van der Waals surface area contributed by atoms with E-state index in [1.54, 1.807) is 24.3 Å². The molecule has 1 heterocycles. The first kappa shape index (κ1) is 15.9. The molecule has 0 spiro atoms. The van der Waals surface area contributed by atoms with Gasteiger partial charge in [0.1, 0.15) is 11.9 Å². The monoisotopic (exact) mass is 347 g/mol. The molecule has 0 aliphatic carbocycles. The summed E-state index contributed by atoms with van der Waals surface area (Å²) in [5.74, 6) is -1.85. The number of benzene rings is 2. The van der Waals surface area contributed by atoms with Gasteiger partial charge in [0.05, 0.1) is 10.6 Å². The SMILES string of the molecule is O=C1NC(=O)C(c2ccc(NC(=O)c3c(F)cccc3Cl)cc2)N1. The zero-order valence-electron chi connectivity index (χ0n) is 12.1. The Balaban J connectivity index is 1.76. The summed E-state index contributed by atoms with van der Waals surface area (Å²) in [4.78, 5) is 34.8. The molecule has 8 heteroatoms. The lowest BCUT2D eigenvalue weighted by atomic mass is 10.1. The van der Waals surface area contributed by atoms with Gasteiger partial charge in [-0.25, -0.2) is 9.18 Å². The zero-order chi connectivity index (χ0) is 17.3. The van der Waals surface area contributed by atoms with E-state index in [0.717, 1.165) is 6.07 Å². The molecule has 1 aliphatic heterocycles. The molecule has 1 fully saturated rings. The lowest BCUT2D eigenvalue weighted by molar-refractivity contribution is -0.120. The number of hydrogen-bond acceptors (Lipinski definition) is 3. The van der Waals surface area contributed by atoms with E-state index in [4.69, 9.17) is 11.6 Å². The van der Waals surface area contributed by atoms with Crippen LogP contribution in [0.5, 0.6) is 0 Å². The van der Waals surface area contributed by atoms with E-state index >= 15 is 0 Å². The van der Waals surface area contributed by atoms with Crippen molar-refractivity contribution in [2.45, 2.75) is 6.04 Å². The van der Waals surface area contributed by atoms with Gasteiger partial charge >= 0.3 is 6.03 Å². The van der Waals surface area contributed by atoms with Gasteiger partial charge < -0.3 is 10.6 Å². The Kier molecular flexibility index (Phi) is 4.18. The van der Waals surface area contributed by atoms with Crippen LogP contribution >= 0.6 is 11.6 Å². The standard InChI is InChI=1S/C16H11ClFN3O3/c17-10-2-1-3-11(18)12(10)14(22)19-9-6-4-8(5-7-9)13-15(23)21-16(24)20-13/h1-7,13H,(H,19,22)(H2,20,21,23,24). The topological polar surface area (TPSA) is 87.3 Å². The van der Waals surface area contributed by atoms with Crippen LogP contribution in [0.1, 0.15) is 22.0 Å². The number of anilines is 1. The van der Waals surface area contributed by atoms with E-state index in [-0.39, 0.29) is 10.6 Å². The summed E-state index contributed by atoms with van der Waals surface area (Å²) < 4.78 is 13.7. The van der Waals surface area contributed by atoms with Crippen LogP contribution in [-0.2, 0) is 4.79 Å². The molecule has 4 amide bonds. The first-order valence-electron chi connectivity index (χ1n) is 6.92. The van der Waals surface area contributed by atoms with Crippen LogP contribution in [0.15, 0.2) is 42.5 Å². The third kappa shape index (κ3) is 3.07. The minimum absolute atomic E-state index is 0.00876. The average molecular weight is 348 g/mol. The normalized spacial score (nSPS) is 16.5. The fourth-order valence-electron chi connectivity index (χ4n) is 2.32. The molecule has 0 aromatic heterocycles. The Morgan fingerprint density at radius 2 is 1.83 bits per heavy atom. The van der Waals surface area contributed by atoms with E-state index in [9.17, 15) is 18.8 Å². The van der Waals surface area contributed by atoms with Crippen molar-refractivity contribution in [1.29, 1.82) is 0 Å². The van der Waals surface area contributed by atoms with Crippen LogP contribution < -0.4 is 16.0 Å². The lowest BCUT2D eigenvalue weighted by Crippen LogP contribution is -2.22. The van der Waals surface area contributed by atoms with Crippen molar-refractivity contribution < 1.29 is 18.8 Å². The van der Waals surface area contributed by atoms with Crippen molar-refractivity contribution in [3.63, 3.8) is 0 Å². The third-order valence-corrected chi connectivity index (χ3v) is 3.78. The summed E-state index contributed by atoms with van der Waals surface area (Å²) in [6.45, 7) is 0. The molecule has 0 radical (unpaired) electrons. The van der Waals surface area contributed by atoms with Crippen molar-refractivity contribution >= 4 is 35.1 Å². The molecule has 122 valence electrons. The number of rotatable bonds is 3. The molecule has 3 N–H and O–H groups in total. The fraction of sp³-hybridized carbons (Fsp3) is 0.0625. The molecular formula is C16H11ClFN3O3. The number of carbonyl (C=O) groups is 3. The molecule has 2 aromatic rings. The van der Waals surface area contributed by atoms with E-state index in [1.165, 1.54) is 12.1 Å². The third-order valence-electron chi connectivity index (χ3n) is 3.47. The number of urea groups is 1. The Bertz CT molecular complexity index is 819. The summed E-state index contributed by atoms with van der Waals surface area (Å²) in [6, 6.07) is 8.88. The Labute approximate surface area is 141 Å². The maximum absolute atomic E-state index is 13.7. The first-order chi connectivity index (χ1) is 11.5. The second-order valence-corrected chi connectivity index (χ2v) is 5.48. The molecule has 1 unspecified atom stereocenters. The van der Waals surface area contributed by atoms with Gasteiger partial charge in [0.2, 0.25) is 0 Å². The zero-order valence-corrected chi connectivity index (χ0v) is 12.9. The van der Waals surface area contributed by atoms with Crippen LogP contribution in [-0.4, -0.2) is 17.8 Å². The van der Waals surface area contributed by atoms with Crippen LogP contribution in [0.25, 0.3) is 0 Å². The molecular weight excluding hydrogens is 337 g/mol. The second-order valence-electron chi connectivity index (χ2n) is 5.07. The minimum atomic E-state index is -0.775. The molecule has 24 heavy (non-hydrogen) atoms. The summed E-state index contributed by atoms with van der Waals surface area (Å²) in [5.41, 5.74) is 0.707. The smallest absolute Gasteiger partial charge is 0.322 e. The van der Waals surface area contributed by atoms with E-state index < -0.39 is 29.7 Å². The maximum Gasteiger partial charge on any atom is 0.322 e. The Morgan fingerprint density at radius 1 is 1.12 bits per heavy atom. The van der Waals surface area contributed by atoms with Crippen molar-refractivity contribution in [2.24, 2.45) is 0 Å². The predicted octanol–water partition coefficient (Wildman–Crippen LogP) is 2.61. The quantitative estimate of drug-likeness (QED) is 0.746. The van der Waals surface area contributed by atoms with Crippen LogP contribution in [0, 0.1) is 5.82 Å². The van der Waals surface area contributed by atoms with Gasteiger partial charge in [0, 0.05) is 5.69 Å². The first-order valence-corrected chi connectivity index (χ1v) is 7.30. The number of halogens is 2. The summed E-state index contributed by atoms with van der Waals surface area (Å²) in [6.07, 6.45) is 0. The van der Waals surface area contributed by atoms with E-state index in [1.807, 2.05) is 0 Å². The predicted molar refractivity (Wildman–Crippen MR) is 85.2 cm³/mol. The van der Waals surface area contributed by atoms with Crippen molar-refractivity contribution in [2.75, 3.05) is 5.32 Å². The Morgan fingerprint density at radius 3 is 2.42 bits per heavy atom. The number of imide groups is 1. The molecule has 3 rings (SSSR count). The molecule has 0 saturated carbocycles. The molecule has 1 atom stereocenters. The highest BCUT2D eigenvalue weighted by atomic mass is 35.5. The van der Waals surface area contributed by atoms with E-state index in [0.29, 0.717) is 11.3 Å². The maximum atomic E-state index is 13.7. The lowest BCUT2D eigenvalue weighted by Gasteiger charge is -2.10. The molecule has 1 saturated heterocycles. The average Bonchev–Trinajstić information content (AvgIpc) is 2.86. The van der Waals surface area contributed by atoms with Gasteiger partial charge in [-0.2, -0.15) is 0 Å². The number of nitrogens with one attached hydrogen (secondary N) is 3. The molecule has 1 aliphatic rings. The van der Waals surface area contributed by atoms with E-state index in [2.05, 4.69) is 16.0 Å². The number of amides is 4. The highest BCUT2D eigenvalue weighted by Gasteiger charge is 2.30. The van der Waals surface area contributed by atoms with Gasteiger partial charge in [0.25, 0.3) is 11.8 Å². The van der Waals surface area contributed by atoms with Crippen LogP contribution in [0.3, 0.4) is 0 Å². The summed E-state index contributed by atoms with van der Waals surface area (Å²) in [5, 5.41) is 7.13. The fourth-order valence-corrected chi connectivity index (χ4v) is 2.57. The number of carbonyl (C=O) groups excluding carboxylic acids is 3. The van der Waals surface area contributed by atoms with Gasteiger partial charge in [0.15, 0.2) is 0 Å². The van der Waals surface area contributed by atoms with Gasteiger partial charge in [-0.05, 0) is 29.8 Å². The molecule has 0 bridgehead atoms.